The summed E-state index contributed by atoms with van der Waals surface area (Å²) in [5.41, 5.74) is 0.452. The average molecular weight is 287 g/mol. The summed E-state index contributed by atoms with van der Waals surface area (Å²) in [6.07, 6.45) is 0. The lowest BCUT2D eigenvalue weighted by Gasteiger charge is -2.11. The molecule has 0 aromatic heterocycles. The molecule has 1 unspecified atom stereocenters. The summed E-state index contributed by atoms with van der Waals surface area (Å²) < 4.78 is 26.2. The molecule has 0 saturated heterocycles. The smallest absolute Gasteiger partial charge is 0.335 e. The first kappa shape index (κ1) is 15.6. The molecule has 0 amide bonds. The van der Waals surface area contributed by atoms with Gasteiger partial charge in [0.15, 0.2) is 0 Å². The van der Waals surface area contributed by atoms with E-state index in [4.69, 9.17) is 10.2 Å². The second kappa shape index (κ2) is 6.14. The van der Waals surface area contributed by atoms with Crippen LogP contribution in [0.4, 0.5) is 0 Å². The number of nitrogens with one attached hydrogen (secondary N) is 1. The van der Waals surface area contributed by atoms with Crippen LogP contribution in [0.1, 0.15) is 22.8 Å². The third kappa shape index (κ3) is 4.02. The van der Waals surface area contributed by atoms with E-state index in [2.05, 4.69) is 4.72 Å². The van der Waals surface area contributed by atoms with Crippen LogP contribution in [0.2, 0.25) is 0 Å². The van der Waals surface area contributed by atoms with Crippen molar-refractivity contribution in [1.29, 1.82) is 0 Å². The van der Waals surface area contributed by atoms with Crippen molar-refractivity contribution in [2.24, 2.45) is 5.92 Å². The van der Waals surface area contributed by atoms with Gasteiger partial charge in [-0.25, -0.2) is 17.9 Å². The molecule has 0 aliphatic carbocycles. The zero-order valence-corrected chi connectivity index (χ0v) is 11.6. The monoisotopic (exact) mass is 287 g/mol. The van der Waals surface area contributed by atoms with Crippen LogP contribution in [0.25, 0.3) is 0 Å². The van der Waals surface area contributed by atoms with Gasteiger partial charge < -0.3 is 10.2 Å². The second-order valence-electron chi connectivity index (χ2n) is 4.42. The fourth-order valence-corrected chi connectivity index (χ4v) is 2.59. The van der Waals surface area contributed by atoms with E-state index in [0.717, 1.165) is 6.07 Å². The number of aliphatic hydroxyl groups excluding tert-OH is 1. The van der Waals surface area contributed by atoms with E-state index >= 15 is 0 Å². The van der Waals surface area contributed by atoms with Crippen LogP contribution < -0.4 is 4.72 Å². The molecule has 0 fully saturated rings. The van der Waals surface area contributed by atoms with Gasteiger partial charge in [-0.15, -0.1) is 0 Å². The number of aromatic carboxylic acids is 1. The van der Waals surface area contributed by atoms with Gasteiger partial charge in [-0.05, 0) is 30.5 Å². The van der Waals surface area contributed by atoms with Gasteiger partial charge in [0.05, 0.1) is 10.5 Å². The lowest BCUT2D eigenvalue weighted by Crippen LogP contribution is -2.29. The van der Waals surface area contributed by atoms with Gasteiger partial charge in [-0.2, -0.15) is 0 Å². The summed E-state index contributed by atoms with van der Waals surface area (Å²) in [6.45, 7) is 3.26. The molecule has 0 aliphatic heterocycles. The molecule has 0 heterocycles. The second-order valence-corrected chi connectivity index (χ2v) is 6.19. The summed E-state index contributed by atoms with van der Waals surface area (Å²) in [5, 5.41) is 17.8. The minimum absolute atomic E-state index is 0.0434. The Morgan fingerprint density at radius 3 is 2.58 bits per heavy atom. The molecule has 1 atom stereocenters. The summed E-state index contributed by atoms with van der Waals surface area (Å²) in [5.74, 6) is -1.38. The number of rotatable bonds is 6. The third-order valence-electron chi connectivity index (χ3n) is 2.68. The van der Waals surface area contributed by atoms with Gasteiger partial charge in [-0.3, -0.25) is 0 Å². The first-order valence-corrected chi connectivity index (χ1v) is 7.20. The van der Waals surface area contributed by atoms with Gasteiger partial charge >= 0.3 is 5.97 Å². The minimum Gasteiger partial charge on any atom is -0.478 e. The Labute approximate surface area is 112 Å². The largest absolute Gasteiger partial charge is 0.478 e. The predicted octanol–water partition coefficient (Wildman–Crippen LogP) is 0.600. The molecule has 0 saturated carbocycles. The molecule has 106 valence electrons. The summed E-state index contributed by atoms with van der Waals surface area (Å²) in [7, 11) is -3.76. The standard InChI is InChI=1S/C12H17NO5S/c1-8(7-14)6-13-19(17,18)10-4-3-9(2)11(5-10)12(15)16/h3-5,8,13-14H,6-7H2,1-2H3,(H,15,16). The Balaban J connectivity index is 3.02. The molecule has 0 spiro atoms. The Kier molecular flexibility index (Phi) is 5.04. The van der Waals surface area contributed by atoms with Crippen LogP contribution in [0.3, 0.4) is 0 Å². The summed E-state index contributed by atoms with van der Waals surface area (Å²) in [4.78, 5) is 10.9. The highest BCUT2D eigenvalue weighted by molar-refractivity contribution is 7.89. The van der Waals surface area contributed by atoms with E-state index in [9.17, 15) is 13.2 Å². The fraction of sp³-hybridized carbons (Fsp3) is 0.417. The maximum absolute atomic E-state index is 12.0. The van der Waals surface area contributed by atoms with Gasteiger partial charge in [0.1, 0.15) is 0 Å². The van der Waals surface area contributed by atoms with Crippen molar-refractivity contribution in [2.45, 2.75) is 18.7 Å². The van der Waals surface area contributed by atoms with E-state index in [0.29, 0.717) is 5.56 Å². The van der Waals surface area contributed by atoms with E-state index in [1.807, 2.05) is 0 Å². The van der Waals surface area contributed by atoms with Crippen molar-refractivity contribution in [2.75, 3.05) is 13.2 Å². The summed E-state index contributed by atoms with van der Waals surface area (Å²) in [6, 6.07) is 3.94. The molecule has 19 heavy (non-hydrogen) atoms. The van der Waals surface area contributed by atoms with E-state index in [1.54, 1.807) is 13.8 Å². The number of hydrogen-bond acceptors (Lipinski definition) is 4. The van der Waals surface area contributed by atoms with Gasteiger partial charge in [-0.1, -0.05) is 13.0 Å². The van der Waals surface area contributed by atoms with E-state index in [1.165, 1.54) is 12.1 Å². The van der Waals surface area contributed by atoms with Crippen LogP contribution in [0, 0.1) is 12.8 Å². The molecule has 0 radical (unpaired) electrons. The Morgan fingerprint density at radius 2 is 2.05 bits per heavy atom. The molecular weight excluding hydrogens is 270 g/mol. The lowest BCUT2D eigenvalue weighted by atomic mass is 10.1. The first-order chi connectivity index (χ1) is 8.77. The van der Waals surface area contributed by atoms with Gasteiger partial charge in [0.2, 0.25) is 10.0 Å². The van der Waals surface area contributed by atoms with Crippen LogP contribution in [-0.4, -0.2) is 37.8 Å². The number of aryl methyl sites for hydroxylation is 1. The van der Waals surface area contributed by atoms with Crippen molar-refractivity contribution >= 4 is 16.0 Å². The number of hydrogen-bond donors (Lipinski definition) is 3. The zero-order valence-electron chi connectivity index (χ0n) is 10.8. The normalized spacial score (nSPS) is 13.2. The Hall–Kier alpha value is -1.44. The van der Waals surface area contributed by atoms with Crippen LogP contribution in [0.15, 0.2) is 23.1 Å². The molecule has 7 heteroatoms. The van der Waals surface area contributed by atoms with Crippen molar-refractivity contribution in [3.8, 4) is 0 Å². The van der Waals surface area contributed by atoms with Crippen molar-refractivity contribution in [1.82, 2.24) is 4.72 Å². The fourth-order valence-electron chi connectivity index (χ4n) is 1.40. The summed E-state index contributed by atoms with van der Waals surface area (Å²) >= 11 is 0. The number of carboxylic acid groups (broad SMARTS) is 1. The van der Waals surface area contributed by atoms with Crippen LogP contribution >= 0.6 is 0 Å². The molecule has 1 aromatic rings. The van der Waals surface area contributed by atoms with E-state index in [-0.39, 0.29) is 29.5 Å². The number of carboxylic acids is 1. The van der Waals surface area contributed by atoms with Gasteiger partial charge in [0.25, 0.3) is 0 Å². The third-order valence-corrected chi connectivity index (χ3v) is 4.10. The van der Waals surface area contributed by atoms with Crippen molar-refractivity contribution < 1.29 is 23.4 Å². The van der Waals surface area contributed by atoms with Crippen LogP contribution in [0.5, 0.6) is 0 Å². The van der Waals surface area contributed by atoms with Crippen molar-refractivity contribution in [3.63, 3.8) is 0 Å². The van der Waals surface area contributed by atoms with Crippen molar-refractivity contribution in [3.05, 3.63) is 29.3 Å². The predicted molar refractivity (Wildman–Crippen MR) is 69.6 cm³/mol. The molecule has 6 nitrogen and oxygen atoms in total. The van der Waals surface area contributed by atoms with E-state index < -0.39 is 16.0 Å². The number of benzene rings is 1. The molecule has 0 aliphatic rings. The topological polar surface area (TPSA) is 104 Å². The maximum atomic E-state index is 12.0. The SMILES string of the molecule is Cc1ccc(S(=O)(=O)NCC(C)CO)cc1C(=O)O. The maximum Gasteiger partial charge on any atom is 0.335 e. The quantitative estimate of drug-likeness (QED) is 0.711. The zero-order chi connectivity index (χ0) is 14.6. The minimum atomic E-state index is -3.76. The highest BCUT2D eigenvalue weighted by Gasteiger charge is 2.18. The Bertz CT molecular complexity index is 567. The Morgan fingerprint density at radius 1 is 1.42 bits per heavy atom. The molecule has 1 aromatic carbocycles. The molecule has 3 N–H and O–H groups in total. The number of carbonyl (C=O) groups is 1. The molecule has 1 rings (SSSR count). The lowest BCUT2D eigenvalue weighted by molar-refractivity contribution is 0.0696. The first-order valence-electron chi connectivity index (χ1n) is 5.72. The molecule has 0 bridgehead atoms. The highest BCUT2D eigenvalue weighted by Crippen LogP contribution is 2.15. The van der Waals surface area contributed by atoms with Crippen LogP contribution in [-0.2, 0) is 10.0 Å². The average Bonchev–Trinajstić information content (AvgIpc) is 2.35. The highest BCUT2D eigenvalue weighted by atomic mass is 32.2. The number of sulfonamides is 1. The number of aliphatic hydroxyl groups is 1. The molecular formula is C12H17NO5S. The van der Waals surface area contributed by atoms with Gasteiger partial charge in [0, 0.05) is 13.2 Å².